The maximum atomic E-state index is 14.1. The average molecular weight is 264 g/mol. The number of aryl methyl sites for hydroxylation is 1. The van der Waals surface area contributed by atoms with Crippen LogP contribution >= 0.6 is 0 Å². The van der Waals surface area contributed by atoms with Crippen molar-refractivity contribution in [3.63, 3.8) is 0 Å². The lowest BCUT2D eigenvalue weighted by Crippen LogP contribution is -2.06. The number of hydrogen-bond donors (Lipinski definition) is 0. The lowest BCUT2D eigenvalue weighted by Gasteiger charge is -2.07. The first-order valence-corrected chi connectivity index (χ1v) is 6.55. The van der Waals surface area contributed by atoms with Crippen LogP contribution < -0.4 is 10.4 Å². The molecule has 0 amide bonds. The average Bonchev–Trinajstić information content (AvgIpc) is 2.39. The van der Waals surface area contributed by atoms with Crippen molar-refractivity contribution in [1.29, 1.82) is 0 Å². The summed E-state index contributed by atoms with van der Waals surface area (Å²) < 4.78 is 24.4. The molecule has 3 nitrogen and oxygen atoms in total. The van der Waals surface area contributed by atoms with Crippen LogP contribution in [0.15, 0.2) is 27.4 Å². The Morgan fingerprint density at radius 2 is 2.11 bits per heavy atom. The maximum Gasteiger partial charge on any atom is 0.346 e. The lowest BCUT2D eigenvalue weighted by molar-refractivity contribution is 0.322. The van der Waals surface area contributed by atoms with Crippen LogP contribution in [0.4, 0.5) is 4.39 Å². The number of halogens is 1. The molecule has 0 saturated heterocycles. The molecule has 0 saturated carbocycles. The van der Waals surface area contributed by atoms with Gasteiger partial charge in [-0.15, -0.1) is 0 Å². The van der Waals surface area contributed by atoms with E-state index >= 15 is 0 Å². The molecule has 1 aromatic carbocycles. The van der Waals surface area contributed by atoms with Crippen LogP contribution in [0.25, 0.3) is 10.8 Å². The highest BCUT2D eigenvalue weighted by atomic mass is 19.1. The molecule has 2 aromatic rings. The molecule has 2 rings (SSSR count). The third-order valence-electron chi connectivity index (χ3n) is 2.96. The van der Waals surface area contributed by atoms with E-state index in [9.17, 15) is 9.18 Å². The van der Waals surface area contributed by atoms with Crippen LogP contribution in [0.2, 0.25) is 0 Å². The molecule has 102 valence electrons. The highest BCUT2D eigenvalue weighted by molar-refractivity contribution is 5.83. The molecular formula is C15H17FO3. The second-order valence-electron chi connectivity index (χ2n) is 4.38. The van der Waals surface area contributed by atoms with E-state index in [1.807, 2.05) is 0 Å². The van der Waals surface area contributed by atoms with E-state index in [-0.39, 0.29) is 11.1 Å². The fourth-order valence-electron chi connectivity index (χ4n) is 2.01. The number of unbranched alkanes of at least 4 members (excludes halogenated alkanes) is 1. The fourth-order valence-corrected chi connectivity index (χ4v) is 2.01. The second kappa shape index (κ2) is 5.87. The standard InChI is InChI=1S/C15H17FO3/c1-3-5-6-11-9-10-7-8-12(18-4-2)14(16)13(10)15(17)19-11/h7-9H,3-6H2,1-2H3. The van der Waals surface area contributed by atoms with Crippen molar-refractivity contribution in [2.75, 3.05) is 6.61 Å². The SMILES string of the molecule is CCCCc1cc2ccc(OCC)c(F)c2c(=O)o1. The molecule has 0 fully saturated rings. The minimum absolute atomic E-state index is 0.0359. The monoisotopic (exact) mass is 264 g/mol. The summed E-state index contributed by atoms with van der Waals surface area (Å²) in [6.45, 7) is 4.18. The van der Waals surface area contributed by atoms with Crippen LogP contribution in [0.5, 0.6) is 5.75 Å². The first kappa shape index (κ1) is 13.6. The third kappa shape index (κ3) is 2.78. The van der Waals surface area contributed by atoms with Crippen LogP contribution in [-0.2, 0) is 6.42 Å². The topological polar surface area (TPSA) is 39.4 Å². The number of benzene rings is 1. The Hall–Kier alpha value is -1.84. The van der Waals surface area contributed by atoms with Gasteiger partial charge in [-0.3, -0.25) is 0 Å². The summed E-state index contributed by atoms with van der Waals surface area (Å²) >= 11 is 0. The highest BCUT2D eigenvalue weighted by Gasteiger charge is 2.14. The van der Waals surface area contributed by atoms with Crippen LogP contribution in [0, 0.1) is 5.82 Å². The predicted octanol–water partition coefficient (Wildman–Crippen LogP) is 3.67. The second-order valence-corrected chi connectivity index (χ2v) is 4.38. The van der Waals surface area contributed by atoms with E-state index in [1.54, 1.807) is 25.1 Å². The van der Waals surface area contributed by atoms with E-state index < -0.39 is 11.4 Å². The third-order valence-corrected chi connectivity index (χ3v) is 2.96. The van der Waals surface area contributed by atoms with Gasteiger partial charge in [-0.2, -0.15) is 0 Å². The fraction of sp³-hybridized carbons (Fsp3) is 0.400. The quantitative estimate of drug-likeness (QED) is 0.827. The van der Waals surface area contributed by atoms with Gasteiger partial charge in [-0.05, 0) is 30.9 Å². The molecular weight excluding hydrogens is 247 g/mol. The van der Waals surface area contributed by atoms with E-state index in [0.29, 0.717) is 24.2 Å². The molecule has 0 spiro atoms. The Morgan fingerprint density at radius 3 is 2.79 bits per heavy atom. The largest absolute Gasteiger partial charge is 0.491 e. The van der Waals surface area contributed by atoms with Crippen LogP contribution in [0.1, 0.15) is 32.4 Å². The smallest absolute Gasteiger partial charge is 0.346 e. The molecule has 19 heavy (non-hydrogen) atoms. The van der Waals surface area contributed by atoms with Crippen molar-refractivity contribution < 1.29 is 13.5 Å². The molecule has 0 bridgehead atoms. The van der Waals surface area contributed by atoms with Gasteiger partial charge < -0.3 is 9.15 Å². The number of fused-ring (bicyclic) bond motifs is 1. The minimum Gasteiger partial charge on any atom is -0.491 e. The van der Waals surface area contributed by atoms with Gasteiger partial charge in [0.2, 0.25) is 0 Å². The van der Waals surface area contributed by atoms with Crippen LogP contribution in [0.3, 0.4) is 0 Å². The summed E-state index contributed by atoms with van der Waals surface area (Å²) in [4.78, 5) is 11.9. The van der Waals surface area contributed by atoms with Crippen molar-refractivity contribution in [1.82, 2.24) is 0 Å². The van der Waals surface area contributed by atoms with E-state index in [2.05, 4.69) is 6.92 Å². The van der Waals surface area contributed by atoms with E-state index in [1.165, 1.54) is 0 Å². The summed E-state index contributed by atoms with van der Waals surface area (Å²) in [5.41, 5.74) is -0.636. The molecule has 0 radical (unpaired) electrons. The maximum absolute atomic E-state index is 14.1. The summed E-state index contributed by atoms with van der Waals surface area (Å²) in [7, 11) is 0. The lowest BCUT2D eigenvalue weighted by atomic mass is 10.1. The van der Waals surface area contributed by atoms with Gasteiger partial charge in [0.05, 0.1) is 6.61 Å². The minimum atomic E-state index is -0.643. The number of ether oxygens (including phenoxy) is 1. The highest BCUT2D eigenvalue weighted by Crippen LogP contribution is 2.25. The van der Waals surface area contributed by atoms with Gasteiger partial charge in [0.1, 0.15) is 11.1 Å². The zero-order valence-electron chi connectivity index (χ0n) is 11.2. The first-order valence-electron chi connectivity index (χ1n) is 6.55. The summed E-state index contributed by atoms with van der Waals surface area (Å²) in [6.07, 6.45) is 2.64. The molecule has 0 aliphatic carbocycles. The van der Waals surface area contributed by atoms with Crippen LogP contribution in [-0.4, -0.2) is 6.61 Å². The van der Waals surface area contributed by atoms with Gasteiger partial charge in [0, 0.05) is 6.42 Å². The van der Waals surface area contributed by atoms with Gasteiger partial charge >= 0.3 is 5.63 Å². The Labute approximate surface area is 111 Å². The zero-order chi connectivity index (χ0) is 13.8. The van der Waals surface area contributed by atoms with Crippen molar-refractivity contribution in [2.45, 2.75) is 33.1 Å². The summed E-state index contributed by atoms with van der Waals surface area (Å²) in [5, 5.41) is 0.523. The molecule has 1 heterocycles. The Kier molecular flexibility index (Phi) is 4.20. The van der Waals surface area contributed by atoms with Crippen molar-refractivity contribution in [3.05, 3.63) is 40.2 Å². The van der Waals surface area contributed by atoms with Crippen molar-refractivity contribution in [2.24, 2.45) is 0 Å². The first-order chi connectivity index (χ1) is 9.17. The normalized spacial score (nSPS) is 10.9. The molecule has 0 atom stereocenters. The van der Waals surface area contributed by atoms with E-state index in [0.717, 1.165) is 12.8 Å². The molecule has 0 unspecified atom stereocenters. The molecule has 1 aromatic heterocycles. The number of hydrogen-bond acceptors (Lipinski definition) is 3. The molecule has 0 aliphatic heterocycles. The Bertz CT molecular complexity index is 631. The van der Waals surface area contributed by atoms with Gasteiger partial charge in [-0.25, -0.2) is 9.18 Å². The molecule has 0 N–H and O–H groups in total. The Morgan fingerprint density at radius 1 is 1.32 bits per heavy atom. The molecule has 4 heteroatoms. The predicted molar refractivity (Wildman–Crippen MR) is 72.2 cm³/mol. The summed E-state index contributed by atoms with van der Waals surface area (Å²) in [6, 6.07) is 4.96. The molecule has 0 aliphatic rings. The van der Waals surface area contributed by atoms with Gasteiger partial charge in [0.25, 0.3) is 0 Å². The van der Waals surface area contributed by atoms with Crippen molar-refractivity contribution >= 4 is 10.8 Å². The van der Waals surface area contributed by atoms with Crippen molar-refractivity contribution in [3.8, 4) is 5.75 Å². The van der Waals surface area contributed by atoms with E-state index in [4.69, 9.17) is 9.15 Å². The Balaban J connectivity index is 2.53. The van der Waals surface area contributed by atoms with Gasteiger partial charge in [-0.1, -0.05) is 19.4 Å². The van der Waals surface area contributed by atoms with Gasteiger partial charge in [0.15, 0.2) is 11.6 Å². The zero-order valence-corrected chi connectivity index (χ0v) is 11.2. The number of rotatable bonds is 5. The summed E-state index contributed by atoms with van der Waals surface area (Å²) in [5.74, 6) is 0.0432.